The van der Waals surface area contributed by atoms with E-state index < -0.39 is 0 Å². The van der Waals surface area contributed by atoms with Gasteiger partial charge in [0.2, 0.25) is 5.91 Å². The van der Waals surface area contributed by atoms with Crippen molar-refractivity contribution >= 4 is 5.91 Å². The largest absolute Gasteiger partial charge is 0.347 e. The van der Waals surface area contributed by atoms with E-state index in [1.807, 2.05) is 6.07 Å². The highest BCUT2D eigenvalue weighted by atomic mass is 19.1. The Morgan fingerprint density at radius 1 is 1.53 bits per heavy atom. The maximum absolute atomic E-state index is 13.2. The number of halogens is 1. The van der Waals surface area contributed by atoms with Gasteiger partial charge in [-0.05, 0) is 17.7 Å². The summed E-state index contributed by atoms with van der Waals surface area (Å²) in [4.78, 5) is 15.8. The summed E-state index contributed by atoms with van der Waals surface area (Å²) in [7, 11) is 3.52. The van der Waals surface area contributed by atoms with Crippen molar-refractivity contribution in [2.45, 2.75) is 12.6 Å². The van der Waals surface area contributed by atoms with Gasteiger partial charge < -0.3 is 10.2 Å². The third-order valence-electron chi connectivity index (χ3n) is 3.35. The summed E-state index contributed by atoms with van der Waals surface area (Å²) in [5, 5.41) is 3.23. The molecule has 5 heteroatoms. The molecule has 1 aromatic rings. The van der Waals surface area contributed by atoms with Crippen molar-refractivity contribution < 1.29 is 9.18 Å². The summed E-state index contributed by atoms with van der Waals surface area (Å²) in [6.07, 6.45) is 0. The molecule has 4 nitrogen and oxygen atoms in total. The summed E-state index contributed by atoms with van der Waals surface area (Å²) in [6, 6.07) is 6.38. The summed E-state index contributed by atoms with van der Waals surface area (Å²) in [5.41, 5.74) is 0.901. The number of rotatable bonds is 3. The molecule has 1 amide bonds. The van der Waals surface area contributed by atoms with Crippen molar-refractivity contribution in [3.05, 3.63) is 35.6 Å². The number of nitrogens with zero attached hydrogens (tertiary/aromatic N) is 2. The lowest BCUT2D eigenvalue weighted by atomic mass is 10.1. The molecule has 1 fully saturated rings. The summed E-state index contributed by atoms with van der Waals surface area (Å²) in [6.45, 7) is 2.89. The van der Waals surface area contributed by atoms with Crippen molar-refractivity contribution in [1.29, 1.82) is 0 Å². The third kappa shape index (κ3) is 3.52. The zero-order valence-electron chi connectivity index (χ0n) is 11.4. The van der Waals surface area contributed by atoms with Crippen LogP contribution in [0.1, 0.15) is 5.56 Å². The molecule has 0 radical (unpaired) electrons. The first-order valence-electron chi connectivity index (χ1n) is 6.48. The van der Waals surface area contributed by atoms with Gasteiger partial charge in [-0.15, -0.1) is 0 Å². The van der Waals surface area contributed by atoms with Gasteiger partial charge in [0.1, 0.15) is 11.9 Å². The molecule has 0 saturated carbocycles. The highest BCUT2D eigenvalue weighted by Gasteiger charge is 2.29. The minimum Gasteiger partial charge on any atom is -0.347 e. The van der Waals surface area contributed by atoms with E-state index in [4.69, 9.17) is 0 Å². The first-order chi connectivity index (χ1) is 9.08. The van der Waals surface area contributed by atoms with Gasteiger partial charge in [-0.2, -0.15) is 0 Å². The Morgan fingerprint density at radius 2 is 2.32 bits per heavy atom. The molecular formula is C14H20FN3O. The second kappa shape index (κ2) is 6.12. The van der Waals surface area contributed by atoms with Crippen LogP contribution in [0.4, 0.5) is 4.39 Å². The molecule has 1 saturated heterocycles. The van der Waals surface area contributed by atoms with Crippen LogP contribution in [0.25, 0.3) is 0 Å². The molecule has 0 bridgehead atoms. The van der Waals surface area contributed by atoms with E-state index in [0.717, 1.165) is 18.7 Å². The fraction of sp³-hybridized carbons (Fsp3) is 0.500. The predicted octanol–water partition coefficient (Wildman–Crippen LogP) is 0.688. The lowest BCUT2D eigenvalue weighted by Crippen LogP contribution is -2.57. The fourth-order valence-electron chi connectivity index (χ4n) is 2.35. The molecule has 1 unspecified atom stereocenters. The van der Waals surface area contributed by atoms with Crippen LogP contribution in [0, 0.1) is 5.82 Å². The molecule has 0 aliphatic carbocycles. The second-order valence-corrected chi connectivity index (χ2v) is 5.05. The smallest absolute Gasteiger partial charge is 0.240 e. The number of hydrogen-bond acceptors (Lipinski definition) is 3. The predicted molar refractivity (Wildman–Crippen MR) is 72.2 cm³/mol. The number of carbonyl (C=O) groups excluding carboxylic acids is 1. The van der Waals surface area contributed by atoms with Gasteiger partial charge in [-0.1, -0.05) is 12.1 Å². The van der Waals surface area contributed by atoms with E-state index in [1.54, 1.807) is 25.1 Å². The van der Waals surface area contributed by atoms with Gasteiger partial charge in [0, 0.05) is 40.3 Å². The van der Waals surface area contributed by atoms with Gasteiger partial charge in [0.25, 0.3) is 0 Å². The van der Waals surface area contributed by atoms with Crippen molar-refractivity contribution in [2.24, 2.45) is 0 Å². The fourth-order valence-corrected chi connectivity index (χ4v) is 2.35. The number of amides is 1. The third-order valence-corrected chi connectivity index (χ3v) is 3.35. The Hall–Kier alpha value is -1.46. The first kappa shape index (κ1) is 14.0. The molecule has 1 N–H and O–H groups in total. The maximum Gasteiger partial charge on any atom is 0.240 e. The molecule has 0 spiro atoms. The Kier molecular flexibility index (Phi) is 4.50. The summed E-state index contributed by atoms with van der Waals surface area (Å²) >= 11 is 0. The van der Waals surface area contributed by atoms with Crippen molar-refractivity contribution in [3.8, 4) is 0 Å². The monoisotopic (exact) mass is 265 g/mol. The topological polar surface area (TPSA) is 35.6 Å². The summed E-state index contributed by atoms with van der Waals surface area (Å²) < 4.78 is 13.2. The van der Waals surface area contributed by atoms with Gasteiger partial charge in [0.15, 0.2) is 0 Å². The van der Waals surface area contributed by atoms with Crippen LogP contribution >= 0.6 is 0 Å². The van der Waals surface area contributed by atoms with Crippen molar-refractivity contribution in [1.82, 2.24) is 15.1 Å². The lowest BCUT2D eigenvalue weighted by molar-refractivity contribution is -0.135. The molecule has 1 heterocycles. The number of carbonyl (C=O) groups is 1. The van der Waals surface area contributed by atoms with E-state index in [-0.39, 0.29) is 17.8 Å². The zero-order chi connectivity index (χ0) is 13.8. The van der Waals surface area contributed by atoms with Crippen LogP contribution in [0.15, 0.2) is 24.3 Å². The SMILES string of the molecule is CN(C)C(=O)C1CNCCN1Cc1cccc(F)c1. The van der Waals surface area contributed by atoms with E-state index in [2.05, 4.69) is 10.2 Å². The molecule has 2 rings (SSSR count). The Labute approximate surface area is 113 Å². The number of piperazine rings is 1. The molecule has 1 aromatic carbocycles. The van der Waals surface area contributed by atoms with Gasteiger partial charge >= 0.3 is 0 Å². The maximum atomic E-state index is 13.2. The average molecular weight is 265 g/mol. The molecule has 19 heavy (non-hydrogen) atoms. The number of nitrogens with one attached hydrogen (secondary N) is 1. The highest BCUT2D eigenvalue weighted by molar-refractivity contribution is 5.81. The average Bonchev–Trinajstić information content (AvgIpc) is 2.38. The van der Waals surface area contributed by atoms with E-state index in [1.165, 1.54) is 12.1 Å². The number of hydrogen-bond donors (Lipinski definition) is 1. The quantitative estimate of drug-likeness (QED) is 0.873. The van der Waals surface area contributed by atoms with Gasteiger partial charge in [0.05, 0.1) is 0 Å². The minimum absolute atomic E-state index is 0.0867. The van der Waals surface area contributed by atoms with Crippen LogP contribution in [0.3, 0.4) is 0 Å². The number of benzene rings is 1. The molecule has 0 aromatic heterocycles. The van der Waals surface area contributed by atoms with Crippen LogP contribution in [-0.4, -0.2) is 55.5 Å². The molecule has 1 atom stereocenters. The van der Waals surface area contributed by atoms with Gasteiger partial charge in [-0.3, -0.25) is 9.69 Å². The minimum atomic E-state index is -0.233. The van der Waals surface area contributed by atoms with Crippen LogP contribution in [0.2, 0.25) is 0 Å². The van der Waals surface area contributed by atoms with Crippen LogP contribution < -0.4 is 5.32 Å². The zero-order valence-corrected chi connectivity index (χ0v) is 11.4. The van der Waals surface area contributed by atoms with Crippen LogP contribution in [-0.2, 0) is 11.3 Å². The summed E-state index contributed by atoms with van der Waals surface area (Å²) in [5.74, 6) is -0.147. The molecule has 1 aliphatic heterocycles. The first-order valence-corrected chi connectivity index (χ1v) is 6.48. The number of likely N-dealkylation sites (N-methyl/N-ethyl adjacent to an activating group) is 1. The van der Waals surface area contributed by atoms with E-state index >= 15 is 0 Å². The molecule has 104 valence electrons. The van der Waals surface area contributed by atoms with Crippen molar-refractivity contribution in [2.75, 3.05) is 33.7 Å². The van der Waals surface area contributed by atoms with E-state index in [9.17, 15) is 9.18 Å². The normalized spacial score (nSPS) is 20.3. The Balaban J connectivity index is 2.09. The van der Waals surface area contributed by atoms with E-state index in [0.29, 0.717) is 13.1 Å². The Bertz CT molecular complexity index is 450. The Morgan fingerprint density at radius 3 is 3.00 bits per heavy atom. The molecule has 1 aliphatic rings. The van der Waals surface area contributed by atoms with Crippen LogP contribution in [0.5, 0.6) is 0 Å². The van der Waals surface area contributed by atoms with Gasteiger partial charge in [-0.25, -0.2) is 4.39 Å². The highest BCUT2D eigenvalue weighted by Crippen LogP contribution is 2.13. The molecular weight excluding hydrogens is 245 g/mol. The van der Waals surface area contributed by atoms with Crippen molar-refractivity contribution in [3.63, 3.8) is 0 Å². The standard InChI is InChI=1S/C14H20FN3O/c1-17(2)14(19)13-9-16-6-7-18(13)10-11-4-3-5-12(15)8-11/h3-5,8,13,16H,6-7,9-10H2,1-2H3. The second-order valence-electron chi connectivity index (χ2n) is 5.05. The lowest BCUT2D eigenvalue weighted by Gasteiger charge is -2.36.